The summed E-state index contributed by atoms with van der Waals surface area (Å²) in [6, 6.07) is 0. The summed E-state index contributed by atoms with van der Waals surface area (Å²) >= 11 is 0. The summed E-state index contributed by atoms with van der Waals surface area (Å²) < 4.78 is 0. The number of piperidine rings is 1. The van der Waals surface area contributed by atoms with Gasteiger partial charge in [0.25, 0.3) is 0 Å². The second kappa shape index (κ2) is 5.38. The van der Waals surface area contributed by atoms with Gasteiger partial charge >= 0.3 is 0 Å². The monoisotopic (exact) mass is 238 g/mol. The van der Waals surface area contributed by atoms with Crippen molar-refractivity contribution in [3.63, 3.8) is 0 Å². The van der Waals surface area contributed by atoms with Crippen LogP contribution in [-0.4, -0.2) is 25.5 Å². The molecule has 0 radical (unpaired) electrons. The molecule has 2 fully saturated rings. The average Bonchev–Trinajstić information content (AvgIpc) is 2.74. The van der Waals surface area contributed by atoms with E-state index >= 15 is 0 Å². The zero-order valence-electron chi connectivity index (χ0n) is 11.2. The predicted octanol–water partition coefficient (Wildman–Crippen LogP) is 1.93. The fourth-order valence-electron chi connectivity index (χ4n) is 3.24. The molecule has 0 aromatic heterocycles. The Bertz CT molecular complexity index is 271. The summed E-state index contributed by atoms with van der Waals surface area (Å²) in [6.45, 7) is 7.48. The first-order chi connectivity index (χ1) is 8.11. The predicted molar refractivity (Wildman–Crippen MR) is 69.7 cm³/mol. The van der Waals surface area contributed by atoms with E-state index in [0.717, 1.165) is 26.1 Å². The highest BCUT2D eigenvalue weighted by Gasteiger charge is 2.32. The van der Waals surface area contributed by atoms with E-state index in [4.69, 9.17) is 0 Å². The Balaban J connectivity index is 1.79. The molecule has 1 saturated heterocycles. The van der Waals surface area contributed by atoms with Crippen LogP contribution in [0.2, 0.25) is 0 Å². The van der Waals surface area contributed by atoms with Gasteiger partial charge in [0.15, 0.2) is 0 Å². The van der Waals surface area contributed by atoms with E-state index in [1.165, 1.54) is 25.7 Å². The van der Waals surface area contributed by atoms with Crippen molar-refractivity contribution in [2.45, 2.75) is 46.0 Å². The second-order valence-corrected chi connectivity index (χ2v) is 6.32. The lowest BCUT2D eigenvalue weighted by molar-refractivity contribution is -0.126. The van der Waals surface area contributed by atoms with Gasteiger partial charge in [-0.2, -0.15) is 0 Å². The van der Waals surface area contributed by atoms with Crippen LogP contribution in [0.5, 0.6) is 0 Å². The highest BCUT2D eigenvalue weighted by molar-refractivity contribution is 5.79. The van der Waals surface area contributed by atoms with Crippen molar-refractivity contribution < 1.29 is 4.79 Å². The molecule has 2 N–H and O–H groups in total. The maximum absolute atomic E-state index is 12.1. The van der Waals surface area contributed by atoms with Gasteiger partial charge < -0.3 is 10.6 Å². The van der Waals surface area contributed by atoms with Gasteiger partial charge in [0.2, 0.25) is 5.91 Å². The van der Waals surface area contributed by atoms with E-state index in [1.54, 1.807) is 0 Å². The van der Waals surface area contributed by atoms with E-state index in [2.05, 4.69) is 24.5 Å². The van der Waals surface area contributed by atoms with Crippen LogP contribution in [0.25, 0.3) is 0 Å². The lowest BCUT2D eigenvalue weighted by Crippen LogP contribution is -2.47. The average molecular weight is 238 g/mol. The summed E-state index contributed by atoms with van der Waals surface area (Å²) in [4.78, 5) is 12.1. The molecule has 3 nitrogen and oxygen atoms in total. The molecule has 3 heteroatoms. The molecule has 1 saturated carbocycles. The van der Waals surface area contributed by atoms with Gasteiger partial charge in [0, 0.05) is 19.0 Å². The molecule has 1 aliphatic carbocycles. The third-order valence-electron chi connectivity index (χ3n) is 4.57. The summed E-state index contributed by atoms with van der Waals surface area (Å²) in [6.07, 6.45) is 5.98. The Morgan fingerprint density at radius 3 is 2.82 bits per heavy atom. The van der Waals surface area contributed by atoms with Crippen molar-refractivity contribution in [1.29, 1.82) is 0 Å². The summed E-state index contributed by atoms with van der Waals surface area (Å²) in [5.41, 5.74) is 0.260. The first kappa shape index (κ1) is 12.9. The minimum atomic E-state index is 0.260. The lowest BCUT2D eigenvalue weighted by atomic mass is 9.82. The molecular weight excluding hydrogens is 212 g/mol. The number of amides is 1. The molecule has 3 unspecified atom stereocenters. The number of carbonyl (C=O) groups is 1. The van der Waals surface area contributed by atoms with Crippen LogP contribution in [-0.2, 0) is 4.79 Å². The molecule has 98 valence electrons. The fraction of sp³-hybridized carbons (Fsp3) is 0.929. The van der Waals surface area contributed by atoms with Crippen molar-refractivity contribution in [3.05, 3.63) is 0 Å². The summed E-state index contributed by atoms with van der Waals surface area (Å²) in [7, 11) is 0. The Hall–Kier alpha value is -0.570. The van der Waals surface area contributed by atoms with Gasteiger partial charge in [0.05, 0.1) is 0 Å². The zero-order chi connectivity index (χ0) is 12.3. The van der Waals surface area contributed by atoms with Gasteiger partial charge in [-0.25, -0.2) is 0 Å². The van der Waals surface area contributed by atoms with Crippen molar-refractivity contribution in [3.8, 4) is 0 Å². The molecule has 17 heavy (non-hydrogen) atoms. The number of hydrogen-bond donors (Lipinski definition) is 2. The molecule has 2 aliphatic rings. The number of rotatable bonds is 3. The fourth-order valence-corrected chi connectivity index (χ4v) is 3.24. The van der Waals surface area contributed by atoms with Gasteiger partial charge in [-0.1, -0.05) is 20.3 Å². The van der Waals surface area contributed by atoms with Gasteiger partial charge in [-0.3, -0.25) is 4.79 Å². The molecule has 0 aromatic carbocycles. The van der Waals surface area contributed by atoms with Gasteiger partial charge in [-0.05, 0) is 43.6 Å². The van der Waals surface area contributed by atoms with E-state index in [1.807, 2.05) is 0 Å². The summed E-state index contributed by atoms with van der Waals surface area (Å²) in [5, 5.41) is 6.61. The van der Waals surface area contributed by atoms with E-state index in [-0.39, 0.29) is 11.3 Å². The quantitative estimate of drug-likeness (QED) is 0.789. The van der Waals surface area contributed by atoms with Crippen LogP contribution in [0.4, 0.5) is 0 Å². The first-order valence-electron chi connectivity index (χ1n) is 7.09. The normalized spacial score (nSPS) is 38.0. The number of nitrogens with one attached hydrogen (secondary N) is 2. The maximum atomic E-state index is 12.1. The van der Waals surface area contributed by atoms with E-state index < -0.39 is 0 Å². The van der Waals surface area contributed by atoms with Crippen LogP contribution in [0, 0.1) is 17.3 Å². The minimum absolute atomic E-state index is 0.260. The first-order valence-corrected chi connectivity index (χ1v) is 7.09. The Kier molecular flexibility index (Phi) is 4.08. The minimum Gasteiger partial charge on any atom is -0.355 e. The summed E-state index contributed by atoms with van der Waals surface area (Å²) in [5.74, 6) is 1.14. The zero-order valence-corrected chi connectivity index (χ0v) is 11.2. The van der Waals surface area contributed by atoms with Crippen molar-refractivity contribution in [2.24, 2.45) is 17.3 Å². The van der Waals surface area contributed by atoms with Gasteiger partial charge in [0.1, 0.15) is 0 Å². The molecule has 1 heterocycles. The van der Waals surface area contributed by atoms with Crippen LogP contribution >= 0.6 is 0 Å². The van der Waals surface area contributed by atoms with Crippen molar-refractivity contribution in [2.75, 3.05) is 19.6 Å². The molecule has 1 amide bonds. The largest absolute Gasteiger partial charge is 0.355 e. The Morgan fingerprint density at radius 1 is 1.41 bits per heavy atom. The van der Waals surface area contributed by atoms with E-state index in [9.17, 15) is 4.79 Å². The van der Waals surface area contributed by atoms with Crippen LogP contribution in [0.3, 0.4) is 0 Å². The molecule has 0 spiro atoms. The highest BCUT2D eigenvalue weighted by Crippen LogP contribution is 2.31. The van der Waals surface area contributed by atoms with Crippen LogP contribution < -0.4 is 10.6 Å². The third-order valence-corrected chi connectivity index (χ3v) is 4.57. The standard InChI is InChI=1S/C14H26N2O/c1-11-5-3-6-12(11)13(17)16-10-14(2)7-4-8-15-9-14/h11-12,15H,3-10H2,1-2H3,(H,16,17). The number of carbonyl (C=O) groups excluding carboxylic acids is 1. The smallest absolute Gasteiger partial charge is 0.223 e. The molecule has 2 rings (SSSR count). The second-order valence-electron chi connectivity index (χ2n) is 6.32. The lowest BCUT2D eigenvalue weighted by Gasteiger charge is -2.34. The Morgan fingerprint density at radius 2 is 2.24 bits per heavy atom. The molecule has 1 aliphatic heterocycles. The highest BCUT2D eigenvalue weighted by atomic mass is 16.1. The van der Waals surface area contributed by atoms with Crippen molar-refractivity contribution >= 4 is 5.91 Å². The topological polar surface area (TPSA) is 41.1 Å². The maximum Gasteiger partial charge on any atom is 0.223 e. The molecule has 0 bridgehead atoms. The van der Waals surface area contributed by atoms with Crippen LogP contribution in [0.15, 0.2) is 0 Å². The van der Waals surface area contributed by atoms with Crippen LogP contribution in [0.1, 0.15) is 46.0 Å². The Labute approximate surface area is 105 Å². The van der Waals surface area contributed by atoms with E-state index in [0.29, 0.717) is 11.8 Å². The van der Waals surface area contributed by atoms with Gasteiger partial charge in [-0.15, -0.1) is 0 Å². The molecular formula is C14H26N2O. The third kappa shape index (κ3) is 3.21. The SMILES string of the molecule is CC1CCCC1C(=O)NCC1(C)CCCNC1. The van der Waals surface area contributed by atoms with Crippen molar-refractivity contribution in [1.82, 2.24) is 10.6 Å². The number of hydrogen-bond acceptors (Lipinski definition) is 2. The molecule has 3 atom stereocenters. The molecule has 0 aromatic rings.